The third-order valence-corrected chi connectivity index (χ3v) is 7.78. The highest BCUT2D eigenvalue weighted by Crippen LogP contribution is 2.32. The van der Waals surface area contributed by atoms with Crippen LogP contribution in [0.15, 0.2) is 53.4 Å². The van der Waals surface area contributed by atoms with Crippen molar-refractivity contribution in [2.45, 2.75) is 49.6 Å². The van der Waals surface area contributed by atoms with Crippen molar-refractivity contribution in [3.63, 3.8) is 0 Å². The number of alkyl halides is 2. The normalized spacial score (nSPS) is 19.3. The van der Waals surface area contributed by atoms with E-state index in [9.17, 15) is 31.9 Å². The van der Waals surface area contributed by atoms with Crippen molar-refractivity contribution in [2.75, 3.05) is 6.54 Å². The Morgan fingerprint density at radius 3 is 2.35 bits per heavy atom. The van der Waals surface area contributed by atoms with E-state index in [2.05, 4.69) is 5.32 Å². The maximum absolute atomic E-state index is 14.4. The summed E-state index contributed by atoms with van der Waals surface area (Å²) in [4.78, 5) is 23.5. The minimum atomic E-state index is -4.36. The second-order valence-electron chi connectivity index (χ2n) is 8.36. The number of carbonyl (C=O) groups excluding carboxylic acids is 2. The van der Waals surface area contributed by atoms with Crippen LogP contribution in [0.1, 0.15) is 30.9 Å². The molecular formula is C23H24ClF2N2O5S-. The molecule has 11 heteroatoms. The lowest BCUT2D eigenvalue weighted by atomic mass is 10.00. The molecule has 1 amide bonds. The maximum atomic E-state index is 14.4. The van der Waals surface area contributed by atoms with Crippen LogP contribution in [0.5, 0.6) is 0 Å². The number of hydrogen-bond acceptors (Lipinski definition) is 5. The average Bonchev–Trinajstić information content (AvgIpc) is 2.90. The molecule has 1 saturated heterocycles. The molecule has 2 aromatic carbocycles. The maximum Gasteiger partial charge on any atom is 0.251 e. The smallest absolute Gasteiger partial charge is 0.251 e. The summed E-state index contributed by atoms with van der Waals surface area (Å²) in [5.74, 6) is -5.94. The predicted octanol–water partition coefficient (Wildman–Crippen LogP) is 2.37. The van der Waals surface area contributed by atoms with Gasteiger partial charge in [-0.1, -0.05) is 42.8 Å². The Hall–Kier alpha value is -2.56. The summed E-state index contributed by atoms with van der Waals surface area (Å²) in [5, 5.41) is 13.7. The van der Waals surface area contributed by atoms with Crippen molar-refractivity contribution in [3.8, 4) is 0 Å². The van der Waals surface area contributed by atoms with Crippen molar-refractivity contribution in [2.24, 2.45) is 5.92 Å². The van der Waals surface area contributed by atoms with Crippen LogP contribution >= 0.6 is 11.6 Å². The third-order valence-electron chi connectivity index (χ3n) is 5.66. The zero-order chi connectivity index (χ0) is 25.1. The van der Waals surface area contributed by atoms with Crippen molar-refractivity contribution in [1.29, 1.82) is 0 Å². The number of carboxylic acid groups (broad SMARTS) is 1. The molecule has 1 N–H and O–H groups in total. The van der Waals surface area contributed by atoms with E-state index in [1.165, 1.54) is 31.2 Å². The van der Waals surface area contributed by atoms with Gasteiger partial charge in [-0.2, -0.15) is 4.31 Å². The van der Waals surface area contributed by atoms with E-state index in [0.717, 1.165) is 4.31 Å². The number of sulfonamides is 1. The molecule has 34 heavy (non-hydrogen) atoms. The molecule has 1 aliphatic heterocycles. The molecule has 184 valence electrons. The van der Waals surface area contributed by atoms with Gasteiger partial charge < -0.3 is 15.2 Å². The predicted molar refractivity (Wildman–Crippen MR) is 119 cm³/mol. The van der Waals surface area contributed by atoms with Crippen molar-refractivity contribution in [3.05, 3.63) is 64.7 Å². The van der Waals surface area contributed by atoms with Gasteiger partial charge in [0, 0.05) is 36.9 Å². The molecule has 0 spiro atoms. The van der Waals surface area contributed by atoms with Crippen molar-refractivity contribution >= 4 is 33.5 Å². The summed E-state index contributed by atoms with van der Waals surface area (Å²) in [6, 6.07) is 10.0. The van der Waals surface area contributed by atoms with Gasteiger partial charge >= 0.3 is 0 Å². The molecule has 2 atom stereocenters. The van der Waals surface area contributed by atoms with Crippen LogP contribution in [-0.2, 0) is 32.6 Å². The highest BCUT2D eigenvalue weighted by molar-refractivity contribution is 7.89. The summed E-state index contributed by atoms with van der Waals surface area (Å²) in [5.41, 5.74) is 1.13. The third kappa shape index (κ3) is 6.31. The van der Waals surface area contributed by atoms with Crippen molar-refractivity contribution in [1.82, 2.24) is 9.62 Å². The van der Waals surface area contributed by atoms with E-state index in [0.29, 0.717) is 16.1 Å². The molecule has 1 unspecified atom stereocenters. The lowest BCUT2D eigenvalue weighted by Crippen LogP contribution is -2.49. The zero-order valence-corrected chi connectivity index (χ0v) is 19.9. The van der Waals surface area contributed by atoms with Crippen LogP contribution < -0.4 is 10.4 Å². The van der Waals surface area contributed by atoms with Gasteiger partial charge in [-0.05, 0) is 47.7 Å². The monoisotopic (exact) mass is 513 g/mol. The quantitative estimate of drug-likeness (QED) is 0.583. The van der Waals surface area contributed by atoms with E-state index in [1.54, 1.807) is 24.3 Å². The Morgan fingerprint density at radius 2 is 1.76 bits per heavy atom. The first kappa shape index (κ1) is 26.1. The zero-order valence-electron chi connectivity index (χ0n) is 18.3. The number of amides is 1. The molecule has 1 heterocycles. The summed E-state index contributed by atoms with van der Waals surface area (Å²) >= 11 is 5.86. The molecule has 3 rings (SSSR count). The van der Waals surface area contributed by atoms with Crippen LogP contribution in [0.2, 0.25) is 5.02 Å². The number of nitrogens with zero attached hydrogens (tertiary/aromatic N) is 1. The Balaban J connectivity index is 1.97. The molecule has 0 aromatic heterocycles. The van der Waals surface area contributed by atoms with Gasteiger partial charge in [0.15, 0.2) is 0 Å². The molecular weight excluding hydrogens is 490 g/mol. The number of halogens is 3. The van der Waals surface area contributed by atoms with E-state index in [1.807, 2.05) is 0 Å². The number of carboxylic acids is 1. The average molecular weight is 514 g/mol. The second-order valence-corrected chi connectivity index (χ2v) is 10.7. The van der Waals surface area contributed by atoms with E-state index in [4.69, 9.17) is 11.6 Å². The molecule has 0 aliphatic carbocycles. The molecule has 0 radical (unpaired) electrons. The van der Waals surface area contributed by atoms with Crippen LogP contribution in [-0.4, -0.2) is 43.1 Å². The lowest BCUT2D eigenvalue weighted by Gasteiger charge is -2.30. The molecule has 1 fully saturated rings. The molecule has 1 aliphatic rings. The van der Waals surface area contributed by atoms with Crippen molar-refractivity contribution < 1.29 is 31.9 Å². The minimum Gasteiger partial charge on any atom is -0.550 e. The minimum absolute atomic E-state index is 0.184. The Bertz CT molecular complexity index is 1140. The van der Waals surface area contributed by atoms with Gasteiger partial charge in [-0.3, -0.25) is 4.79 Å². The standard InChI is InChI=1S/C23H25ClF2N2O5S/c1-15(22(30)31)12-16-2-4-17(5-3-16)14-28(20-13-23(25,26)10-11-27-21(20)29)34(32,33)19-8-6-18(24)7-9-19/h2-9,15,20H,10-14H2,1H3,(H,27,29)(H,30,31)/p-1/t15?,20-/m1/s1. The number of aliphatic carboxylic acids is 1. The second kappa shape index (κ2) is 10.4. The summed E-state index contributed by atoms with van der Waals surface area (Å²) in [7, 11) is -4.36. The van der Waals surface area contributed by atoms with E-state index < -0.39 is 52.6 Å². The molecule has 0 bridgehead atoms. The van der Waals surface area contributed by atoms with Crippen LogP contribution in [0.3, 0.4) is 0 Å². The SMILES string of the molecule is CC(Cc1ccc(CN([C@@H]2CC(F)(F)CCNC2=O)S(=O)(=O)c2ccc(Cl)cc2)cc1)C(=O)[O-]. The Morgan fingerprint density at radius 1 is 1.18 bits per heavy atom. The molecule has 2 aromatic rings. The largest absolute Gasteiger partial charge is 0.550 e. The molecule has 0 saturated carbocycles. The first-order valence-corrected chi connectivity index (χ1v) is 12.4. The van der Waals surface area contributed by atoms with Gasteiger partial charge in [-0.25, -0.2) is 17.2 Å². The summed E-state index contributed by atoms with van der Waals surface area (Å²) in [6.07, 6.45) is -1.32. The summed E-state index contributed by atoms with van der Waals surface area (Å²) < 4.78 is 56.5. The van der Waals surface area contributed by atoms with Crippen LogP contribution in [0, 0.1) is 5.92 Å². The lowest BCUT2D eigenvalue weighted by molar-refractivity contribution is -0.310. The number of benzene rings is 2. The van der Waals surface area contributed by atoms with Crippen LogP contribution in [0.4, 0.5) is 8.78 Å². The fraction of sp³-hybridized carbons (Fsp3) is 0.391. The fourth-order valence-electron chi connectivity index (χ4n) is 3.70. The molecule has 7 nitrogen and oxygen atoms in total. The number of carbonyl (C=O) groups is 2. The topological polar surface area (TPSA) is 107 Å². The highest BCUT2D eigenvalue weighted by atomic mass is 35.5. The first-order chi connectivity index (χ1) is 15.9. The van der Waals surface area contributed by atoms with Gasteiger partial charge in [-0.15, -0.1) is 0 Å². The van der Waals surface area contributed by atoms with Gasteiger partial charge in [0.05, 0.1) is 4.90 Å². The van der Waals surface area contributed by atoms with E-state index >= 15 is 0 Å². The number of hydrogen-bond donors (Lipinski definition) is 1. The van der Waals surface area contributed by atoms with E-state index in [-0.39, 0.29) is 24.4 Å². The Kier molecular flexibility index (Phi) is 7.95. The first-order valence-electron chi connectivity index (χ1n) is 10.6. The number of nitrogens with one attached hydrogen (secondary N) is 1. The van der Waals surface area contributed by atoms with Gasteiger partial charge in [0.2, 0.25) is 15.9 Å². The number of rotatable bonds is 8. The fourth-order valence-corrected chi connectivity index (χ4v) is 5.40. The van der Waals surface area contributed by atoms with Gasteiger partial charge in [0.1, 0.15) is 6.04 Å². The van der Waals surface area contributed by atoms with Crippen LogP contribution in [0.25, 0.3) is 0 Å². The van der Waals surface area contributed by atoms with Gasteiger partial charge in [0.25, 0.3) is 5.92 Å². The summed E-state index contributed by atoms with van der Waals surface area (Å²) in [6.45, 7) is 0.909. The Labute approximate surface area is 201 Å². The highest BCUT2D eigenvalue weighted by Gasteiger charge is 2.45.